The third-order valence-corrected chi connectivity index (χ3v) is 2.94. The average Bonchev–Trinajstić information content (AvgIpc) is 2.79. The second-order valence-electron chi connectivity index (χ2n) is 4.24. The van der Waals surface area contributed by atoms with Gasteiger partial charge in [0.25, 0.3) is 0 Å². The van der Waals surface area contributed by atoms with E-state index in [4.69, 9.17) is 15.2 Å². The first-order valence-corrected chi connectivity index (χ1v) is 5.90. The summed E-state index contributed by atoms with van der Waals surface area (Å²) in [6, 6.07) is 5.85. The van der Waals surface area contributed by atoms with Crippen LogP contribution >= 0.6 is 0 Å². The fourth-order valence-corrected chi connectivity index (χ4v) is 2.12. The van der Waals surface area contributed by atoms with Gasteiger partial charge in [0.15, 0.2) is 11.5 Å². The topological polar surface area (TPSA) is 62.3 Å². The largest absolute Gasteiger partial charge is 0.486 e. The molecular weight excluding hydrogens is 230 g/mol. The summed E-state index contributed by atoms with van der Waals surface area (Å²) in [5.74, 6) is 1.56. The Kier molecular flexibility index (Phi) is 2.68. The zero-order chi connectivity index (χ0) is 12.5. The van der Waals surface area contributed by atoms with Crippen LogP contribution in [-0.2, 0) is 13.6 Å². The third-order valence-electron chi connectivity index (χ3n) is 2.94. The summed E-state index contributed by atoms with van der Waals surface area (Å²) in [6.45, 7) is 1.66. The van der Waals surface area contributed by atoms with E-state index < -0.39 is 0 Å². The Morgan fingerprint density at radius 3 is 2.83 bits per heavy atom. The molecule has 0 saturated carbocycles. The van der Waals surface area contributed by atoms with Gasteiger partial charge >= 0.3 is 0 Å². The summed E-state index contributed by atoms with van der Waals surface area (Å²) in [4.78, 5) is 0. The number of hydrogen-bond acceptors (Lipinski definition) is 4. The lowest BCUT2D eigenvalue weighted by atomic mass is 10.1. The highest BCUT2D eigenvalue weighted by molar-refractivity contribution is 5.66. The second kappa shape index (κ2) is 4.34. The molecule has 2 heterocycles. The second-order valence-corrected chi connectivity index (χ2v) is 4.24. The lowest BCUT2D eigenvalue weighted by Crippen LogP contribution is -2.15. The molecule has 3 rings (SSSR count). The number of rotatable bonds is 2. The Morgan fingerprint density at radius 2 is 2.06 bits per heavy atom. The van der Waals surface area contributed by atoms with Gasteiger partial charge in [-0.2, -0.15) is 5.10 Å². The molecule has 1 aromatic heterocycles. The molecule has 5 nitrogen and oxygen atoms in total. The lowest BCUT2D eigenvalue weighted by molar-refractivity contribution is 0.171. The van der Waals surface area contributed by atoms with Crippen molar-refractivity contribution in [3.63, 3.8) is 0 Å². The van der Waals surface area contributed by atoms with Gasteiger partial charge in [0.1, 0.15) is 13.2 Å². The Morgan fingerprint density at radius 1 is 1.28 bits per heavy atom. The number of nitrogens with zero attached hydrogens (tertiary/aromatic N) is 2. The Balaban J connectivity index is 2.06. The molecule has 1 aliphatic heterocycles. The van der Waals surface area contributed by atoms with Crippen molar-refractivity contribution in [1.29, 1.82) is 0 Å². The molecule has 2 N–H and O–H groups in total. The SMILES string of the molecule is Cn1cc(CN)c(-c2ccc3c(c2)OCCO3)n1. The van der Waals surface area contributed by atoms with E-state index in [9.17, 15) is 0 Å². The normalized spacial score (nSPS) is 13.7. The highest BCUT2D eigenvalue weighted by Crippen LogP contribution is 2.34. The van der Waals surface area contributed by atoms with Crippen LogP contribution in [0.1, 0.15) is 5.56 Å². The number of benzene rings is 1. The van der Waals surface area contributed by atoms with E-state index in [1.54, 1.807) is 4.68 Å². The highest BCUT2D eigenvalue weighted by Gasteiger charge is 2.15. The molecule has 0 spiro atoms. The minimum absolute atomic E-state index is 0.470. The van der Waals surface area contributed by atoms with Gasteiger partial charge in [-0.25, -0.2) is 0 Å². The Bertz CT molecular complexity index is 578. The van der Waals surface area contributed by atoms with Crippen LogP contribution in [0.2, 0.25) is 0 Å². The van der Waals surface area contributed by atoms with Crippen LogP contribution < -0.4 is 15.2 Å². The average molecular weight is 245 g/mol. The van der Waals surface area contributed by atoms with Crippen molar-refractivity contribution in [3.8, 4) is 22.8 Å². The van der Waals surface area contributed by atoms with E-state index in [2.05, 4.69) is 5.10 Å². The number of ether oxygens (including phenoxy) is 2. The smallest absolute Gasteiger partial charge is 0.162 e. The zero-order valence-corrected chi connectivity index (χ0v) is 10.2. The fraction of sp³-hybridized carbons (Fsp3) is 0.308. The quantitative estimate of drug-likeness (QED) is 0.866. The molecule has 18 heavy (non-hydrogen) atoms. The lowest BCUT2D eigenvalue weighted by Gasteiger charge is -2.18. The first-order chi connectivity index (χ1) is 8.78. The number of fused-ring (bicyclic) bond motifs is 1. The summed E-state index contributed by atoms with van der Waals surface area (Å²) in [6.07, 6.45) is 1.94. The highest BCUT2D eigenvalue weighted by atomic mass is 16.6. The van der Waals surface area contributed by atoms with Crippen molar-refractivity contribution in [1.82, 2.24) is 9.78 Å². The monoisotopic (exact) mass is 245 g/mol. The molecule has 94 valence electrons. The van der Waals surface area contributed by atoms with Gasteiger partial charge in [-0.1, -0.05) is 0 Å². The van der Waals surface area contributed by atoms with Gasteiger partial charge in [-0.05, 0) is 18.2 Å². The molecule has 0 aliphatic carbocycles. The van der Waals surface area contributed by atoms with Crippen molar-refractivity contribution in [2.45, 2.75) is 6.54 Å². The van der Waals surface area contributed by atoms with Crippen LogP contribution in [0.25, 0.3) is 11.3 Å². The van der Waals surface area contributed by atoms with Crippen molar-refractivity contribution in [3.05, 3.63) is 30.0 Å². The van der Waals surface area contributed by atoms with Gasteiger partial charge in [-0.3, -0.25) is 4.68 Å². The molecule has 2 aromatic rings. The molecule has 0 bridgehead atoms. The van der Waals surface area contributed by atoms with Crippen molar-refractivity contribution >= 4 is 0 Å². The summed E-state index contributed by atoms with van der Waals surface area (Å²) in [5, 5.41) is 4.44. The van der Waals surface area contributed by atoms with Gasteiger partial charge in [0, 0.05) is 30.9 Å². The minimum Gasteiger partial charge on any atom is -0.486 e. The van der Waals surface area contributed by atoms with Crippen LogP contribution in [-0.4, -0.2) is 23.0 Å². The predicted molar refractivity (Wildman–Crippen MR) is 67.5 cm³/mol. The number of aryl methyl sites for hydroxylation is 1. The van der Waals surface area contributed by atoms with Crippen molar-refractivity contribution in [2.75, 3.05) is 13.2 Å². The van der Waals surface area contributed by atoms with Gasteiger partial charge in [0.2, 0.25) is 0 Å². The van der Waals surface area contributed by atoms with Crippen LogP contribution in [0, 0.1) is 0 Å². The van der Waals surface area contributed by atoms with E-state index in [0.717, 1.165) is 28.3 Å². The molecule has 0 atom stereocenters. The molecule has 0 amide bonds. The van der Waals surface area contributed by atoms with Crippen LogP contribution in [0.3, 0.4) is 0 Å². The molecule has 0 saturated heterocycles. The maximum Gasteiger partial charge on any atom is 0.162 e. The van der Waals surface area contributed by atoms with Gasteiger partial charge < -0.3 is 15.2 Å². The summed E-state index contributed by atoms with van der Waals surface area (Å²) in [7, 11) is 1.89. The van der Waals surface area contributed by atoms with Crippen molar-refractivity contribution in [2.24, 2.45) is 12.8 Å². The molecule has 0 fully saturated rings. The van der Waals surface area contributed by atoms with E-state index in [-0.39, 0.29) is 0 Å². The molecule has 1 aliphatic rings. The van der Waals surface area contributed by atoms with Crippen LogP contribution in [0.4, 0.5) is 0 Å². The maximum absolute atomic E-state index is 5.73. The number of nitrogens with two attached hydrogens (primary N) is 1. The van der Waals surface area contributed by atoms with Gasteiger partial charge in [-0.15, -0.1) is 0 Å². The standard InChI is InChI=1S/C13H15N3O2/c1-16-8-10(7-14)13(15-16)9-2-3-11-12(6-9)18-5-4-17-11/h2-3,6,8H,4-5,7,14H2,1H3. The molecule has 0 unspecified atom stereocenters. The molecule has 1 aromatic carbocycles. The van der Waals surface area contributed by atoms with Gasteiger partial charge in [0.05, 0.1) is 5.69 Å². The van der Waals surface area contributed by atoms with Crippen molar-refractivity contribution < 1.29 is 9.47 Å². The maximum atomic E-state index is 5.73. The predicted octanol–water partition coefficient (Wildman–Crippen LogP) is 1.32. The fourth-order valence-electron chi connectivity index (χ4n) is 2.12. The Hall–Kier alpha value is -2.01. The van der Waals surface area contributed by atoms with E-state index in [1.165, 1.54) is 0 Å². The van der Waals surface area contributed by atoms with E-state index >= 15 is 0 Å². The first-order valence-electron chi connectivity index (χ1n) is 5.90. The summed E-state index contributed by atoms with van der Waals surface area (Å²) < 4.78 is 12.8. The Labute approximate surface area is 105 Å². The molecule has 5 heteroatoms. The number of aromatic nitrogens is 2. The van der Waals surface area contributed by atoms with Crippen LogP contribution in [0.5, 0.6) is 11.5 Å². The zero-order valence-electron chi connectivity index (χ0n) is 10.2. The van der Waals surface area contributed by atoms with Crippen LogP contribution in [0.15, 0.2) is 24.4 Å². The molecule has 0 radical (unpaired) electrons. The third kappa shape index (κ3) is 1.82. The van der Waals surface area contributed by atoms with E-state index in [0.29, 0.717) is 19.8 Å². The first kappa shape index (κ1) is 11.1. The summed E-state index contributed by atoms with van der Waals surface area (Å²) >= 11 is 0. The summed E-state index contributed by atoms with van der Waals surface area (Å²) in [5.41, 5.74) is 8.65. The minimum atomic E-state index is 0.470. The van der Waals surface area contributed by atoms with E-state index in [1.807, 2.05) is 31.4 Å². The molecular formula is C13H15N3O2. The number of hydrogen-bond donors (Lipinski definition) is 1.